The Bertz CT molecular complexity index is 178. The van der Waals surface area contributed by atoms with Gasteiger partial charge in [0.2, 0.25) is 0 Å². The molecule has 20 heavy (non-hydrogen) atoms. The van der Waals surface area contributed by atoms with Crippen LogP contribution in [0.4, 0.5) is 0 Å². The summed E-state index contributed by atoms with van der Waals surface area (Å²) in [4.78, 5) is 19.8. The molecule has 0 aliphatic heterocycles. The second-order valence-corrected chi connectivity index (χ2v) is 5.45. The molecule has 0 amide bonds. The summed E-state index contributed by atoms with van der Waals surface area (Å²) in [6, 6.07) is 0. The minimum atomic E-state index is 0.754. The molecule has 0 aromatic carbocycles. The van der Waals surface area contributed by atoms with E-state index in [0.717, 1.165) is 38.3 Å². The van der Waals surface area contributed by atoms with E-state index in [4.69, 9.17) is 0 Å². The zero-order chi connectivity index (χ0) is 15.3. The van der Waals surface area contributed by atoms with Gasteiger partial charge in [0.05, 0.1) is 0 Å². The van der Waals surface area contributed by atoms with Crippen molar-refractivity contribution in [3.63, 3.8) is 0 Å². The largest absolute Gasteiger partial charge is 0.303 e. The average molecular weight is 284 g/mol. The van der Waals surface area contributed by atoms with Crippen LogP contribution >= 0.6 is 0 Å². The molecule has 0 N–H and O–H groups in total. The molecule has 120 valence electrons. The zero-order valence-corrected chi connectivity index (χ0v) is 13.9. The van der Waals surface area contributed by atoms with Crippen LogP contribution in [0.2, 0.25) is 0 Å². The highest BCUT2D eigenvalue weighted by Gasteiger charge is 1.89. The van der Waals surface area contributed by atoms with Crippen molar-refractivity contribution in [2.45, 2.75) is 104 Å². The summed E-state index contributed by atoms with van der Waals surface area (Å²) in [5, 5.41) is 0. The molecule has 2 nitrogen and oxygen atoms in total. The molecule has 0 aliphatic rings. The standard InChI is InChI=1S/C10H20O.C8H16O/c1-2-3-4-5-6-7-8-9-10-11;1-2-3-4-5-6-7-8-9/h10H,2-9H2,1H3;8H,2-7H2,1H3. The number of rotatable bonds is 14. The van der Waals surface area contributed by atoms with Crippen LogP contribution in [0.25, 0.3) is 0 Å². The van der Waals surface area contributed by atoms with Gasteiger partial charge in [0.15, 0.2) is 0 Å². The van der Waals surface area contributed by atoms with E-state index in [-0.39, 0.29) is 0 Å². The monoisotopic (exact) mass is 284 g/mol. The summed E-state index contributed by atoms with van der Waals surface area (Å²) in [5.41, 5.74) is 0. The van der Waals surface area contributed by atoms with Crippen molar-refractivity contribution in [3.8, 4) is 0 Å². The maximum absolute atomic E-state index is 9.94. The Morgan fingerprint density at radius 3 is 1.10 bits per heavy atom. The molecule has 0 aliphatic carbocycles. The van der Waals surface area contributed by atoms with E-state index in [1.165, 1.54) is 64.2 Å². The van der Waals surface area contributed by atoms with Gasteiger partial charge >= 0.3 is 0 Å². The van der Waals surface area contributed by atoms with Crippen molar-refractivity contribution in [1.29, 1.82) is 0 Å². The number of hydrogen-bond acceptors (Lipinski definition) is 2. The number of carbonyl (C=O) groups is 2. The predicted octanol–water partition coefficient (Wildman–Crippen LogP) is 5.87. The molecule has 0 aromatic heterocycles. The topological polar surface area (TPSA) is 34.1 Å². The summed E-state index contributed by atoms with van der Waals surface area (Å²) < 4.78 is 0. The van der Waals surface area contributed by atoms with Gasteiger partial charge in [-0.25, -0.2) is 0 Å². The highest BCUT2D eigenvalue weighted by molar-refractivity contribution is 5.49. The lowest BCUT2D eigenvalue weighted by molar-refractivity contribution is -0.108. The smallest absolute Gasteiger partial charge is 0.119 e. The first kappa shape index (κ1) is 21.6. The summed E-state index contributed by atoms with van der Waals surface area (Å²) in [6.45, 7) is 4.42. The highest BCUT2D eigenvalue weighted by atomic mass is 16.1. The van der Waals surface area contributed by atoms with Crippen molar-refractivity contribution < 1.29 is 9.59 Å². The minimum Gasteiger partial charge on any atom is -0.303 e. The molecule has 0 spiro atoms. The van der Waals surface area contributed by atoms with Gasteiger partial charge < -0.3 is 9.59 Å². The molecule has 0 fully saturated rings. The summed E-state index contributed by atoms with van der Waals surface area (Å²) >= 11 is 0. The maximum Gasteiger partial charge on any atom is 0.119 e. The van der Waals surface area contributed by atoms with Crippen LogP contribution in [0.15, 0.2) is 0 Å². The Hall–Kier alpha value is -0.660. The van der Waals surface area contributed by atoms with Crippen LogP contribution in [0.1, 0.15) is 104 Å². The fourth-order valence-corrected chi connectivity index (χ4v) is 2.02. The summed E-state index contributed by atoms with van der Waals surface area (Å²) in [7, 11) is 0. The van der Waals surface area contributed by atoms with Crippen LogP contribution in [0, 0.1) is 0 Å². The van der Waals surface area contributed by atoms with Crippen molar-refractivity contribution >= 4 is 12.6 Å². The minimum absolute atomic E-state index is 0.754. The van der Waals surface area contributed by atoms with Crippen molar-refractivity contribution in [3.05, 3.63) is 0 Å². The average Bonchev–Trinajstić information content (AvgIpc) is 2.47. The molecular weight excluding hydrogens is 248 g/mol. The fraction of sp³-hybridized carbons (Fsp3) is 0.889. The zero-order valence-electron chi connectivity index (χ0n) is 13.9. The Labute approximate surface area is 126 Å². The van der Waals surface area contributed by atoms with Gasteiger partial charge in [-0.1, -0.05) is 78.1 Å². The quantitative estimate of drug-likeness (QED) is 0.295. The van der Waals surface area contributed by atoms with Gasteiger partial charge in [-0.2, -0.15) is 0 Å². The van der Waals surface area contributed by atoms with Crippen LogP contribution in [-0.4, -0.2) is 12.6 Å². The van der Waals surface area contributed by atoms with E-state index < -0.39 is 0 Å². The molecule has 0 saturated carbocycles. The highest BCUT2D eigenvalue weighted by Crippen LogP contribution is 2.07. The molecule has 0 radical (unpaired) electrons. The lowest BCUT2D eigenvalue weighted by Crippen LogP contribution is -1.80. The van der Waals surface area contributed by atoms with Gasteiger partial charge in [0, 0.05) is 12.8 Å². The molecule has 0 atom stereocenters. The molecule has 0 saturated heterocycles. The molecule has 0 rings (SSSR count). The second-order valence-electron chi connectivity index (χ2n) is 5.45. The Kier molecular flexibility index (Phi) is 25.3. The van der Waals surface area contributed by atoms with Crippen molar-refractivity contribution in [1.82, 2.24) is 0 Å². The van der Waals surface area contributed by atoms with Gasteiger partial charge in [-0.3, -0.25) is 0 Å². The van der Waals surface area contributed by atoms with E-state index >= 15 is 0 Å². The van der Waals surface area contributed by atoms with Crippen LogP contribution in [0.3, 0.4) is 0 Å². The third kappa shape index (κ3) is 26.0. The van der Waals surface area contributed by atoms with Crippen molar-refractivity contribution in [2.24, 2.45) is 0 Å². The third-order valence-electron chi connectivity index (χ3n) is 3.35. The van der Waals surface area contributed by atoms with E-state index in [0.29, 0.717) is 0 Å². The second kappa shape index (κ2) is 23.4. The molecule has 0 unspecified atom stereocenters. The summed E-state index contributed by atoms with van der Waals surface area (Å²) in [6.07, 6.45) is 18.8. The first-order valence-corrected chi connectivity index (χ1v) is 8.70. The van der Waals surface area contributed by atoms with Crippen LogP contribution in [0.5, 0.6) is 0 Å². The Morgan fingerprint density at radius 2 is 0.800 bits per heavy atom. The van der Waals surface area contributed by atoms with E-state index in [2.05, 4.69) is 13.8 Å². The third-order valence-corrected chi connectivity index (χ3v) is 3.35. The normalized spacial score (nSPS) is 9.70. The molecule has 2 heteroatoms. The number of unbranched alkanes of at least 4 members (excludes halogenated alkanes) is 12. The first-order chi connectivity index (χ1) is 9.83. The van der Waals surface area contributed by atoms with Gasteiger partial charge in [0.1, 0.15) is 12.6 Å². The Balaban J connectivity index is 0. The van der Waals surface area contributed by atoms with Gasteiger partial charge in [0.25, 0.3) is 0 Å². The van der Waals surface area contributed by atoms with E-state index in [9.17, 15) is 9.59 Å². The lowest BCUT2D eigenvalue weighted by Gasteiger charge is -1.97. The molecule has 0 bridgehead atoms. The first-order valence-electron chi connectivity index (χ1n) is 8.70. The maximum atomic E-state index is 9.94. The van der Waals surface area contributed by atoms with E-state index in [1.54, 1.807) is 0 Å². The van der Waals surface area contributed by atoms with E-state index in [1.807, 2.05) is 0 Å². The fourth-order valence-electron chi connectivity index (χ4n) is 2.02. The predicted molar refractivity (Wildman–Crippen MR) is 88.1 cm³/mol. The molecule has 0 heterocycles. The summed E-state index contributed by atoms with van der Waals surface area (Å²) in [5.74, 6) is 0. The van der Waals surface area contributed by atoms with Crippen LogP contribution in [-0.2, 0) is 9.59 Å². The Morgan fingerprint density at radius 1 is 0.500 bits per heavy atom. The van der Waals surface area contributed by atoms with Gasteiger partial charge in [-0.05, 0) is 12.8 Å². The number of carbonyl (C=O) groups excluding carboxylic acids is 2. The molecular formula is C18H36O2. The van der Waals surface area contributed by atoms with Gasteiger partial charge in [-0.15, -0.1) is 0 Å². The number of hydrogen-bond donors (Lipinski definition) is 0. The lowest BCUT2D eigenvalue weighted by atomic mass is 10.1. The SMILES string of the molecule is CCCCCCCC=O.CCCCCCCCCC=O. The van der Waals surface area contributed by atoms with Crippen LogP contribution < -0.4 is 0 Å². The molecule has 0 aromatic rings. The van der Waals surface area contributed by atoms with Crippen molar-refractivity contribution in [2.75, 3.05) is 0 Å². The number of aldehydes is 2.